The summed E-state index contributed by atoms with van der Waals surface area (Å²) < 4.78 is 35.5. The van der Waals surface area contributed by atoms with Crippen molar-refractivity contribution in [2.75, 3.05) is 5.32 Å². The molecule has 23 heavy (non-hydrogen) atoms. The van der Waals surface area contributed by atoms with E-state index >= 15 is 0 Å². The molecular weight excluding hydrogens is 380 g/mol. The van der Waals surface area contributed by atoms with E-state index in [2.05, 4.69) is 5.32 Å². The molecule has 0 bridgehead atoms. The molecule has 2 aromatic rings. The first-order valence-corrected chi connectivity index (χ1v) is 10.1. The molecule has 1 aromatic carbocycles. The van der Waals surface area contributed by atoms with Crippen LogP contribution in [0.5, 0.6) is 0 Å². The second kappa shape index (κ2) is 6.70. The first kappa shape index (κ1) is 18.1. The Morgan fingerprint density at radius 2 is 2.00 bits per heavy atom. The maximum atomic E-state index is 12.6. The first-order chi connectivity index (χ1) is 10.6. The second-order valence-corrected chi connectivity index (χ2v) is 9.62. The van der Waals surface area contributed by atoms with Crippen LogP contribution in [0.3, 0.4) is 0 Å². The topological polar surface area (TPSA) is 106 Å². The molecule has 1 unspecified atom stereocenters. The molecule has 1 aromatic heterocycles. The Morgan fingerprint density at radius 3 is 2.52 bits per heavy atom. The van der Waals surface area contributed by atoms with Gasteiger partial charge in [-0.25, -0.2) is 17.8 Å². The number of sulfonamides is 1. The third kappa shape index (κ3) is 4.18. The number of thiophene rings is 1. The Labute approximate surface area is 145 Å². The Balaban J connectivity index is 2.42. The molecule has 0 aliphatic rings. The van der Waals surface area contributed by atoms with Gasteiger partial charge in [0.15, 0.2) is 0 Å². The summed E-state index contributed by atoms with van der Waals surface area (Å²) in [6.45, 7) is 3.12. The van der Waals surface area contributed by atoms with Gasteiger partial charge in [0.1, 0.15) is 4.21 Å². The highest BCUT2D eigenvalue weighted by Crippen LogP contribution is 2.33. The summed E-state index contributed by atoms with van der Waals surface area (Å²) in [6, 6.07) is 5.85. The van der Waals surface area contributed by atoms with Crippen molar-refractivity contribution >= 4 is 55.4 Å². The molecule has 1 atom stereocenters. The minimum atomic E-state index is -3.83. The van der Waals surface area contributed by atoms with Crippen molar-refractivity contribution < 1.29 is 17.4 Å². The molecule has 0 aliphatic heterocycles. The molecule has 3 N–H and O–H groups in total. The van der Waals surface area contributed by atoms with Gasteiger partial charge < -0.3 is 5.32 Å². The van der Waals surface area contributed by atoms with Crippen molar-refractivity contribution in [2.24, 2.45) is 5.14 Å². The van der Waals surface area contributed by atoms with E-state index < -0.39 is 20.8 Å². The molecule has 2 rings (SSSR count). The van der Waals surface area contributed by atoms with Gasteiger partial charge in [0, 0.05) is 12.6 Å². The summed E-state index contributed by atoms with van der Waals surface area (Å²) in [4.78, 5) is 11.5. The van der Waals surface area contributed by atoms with Crippen LogP contribution >= 0.6 is 22.9 Å². The van der Waals surface area contributed by atoms with E-state index in [1.54, 1.807) is 13.0 Å². The lowest BCUT2D eigenvalue weighted by Gasteiger charge is -2.10. The molecule has 0 saturated carbocycles. The van der Waals surface area contributed by atoms with Crippen LogP contribution in [-0.4, -0.2) is 18.5 Å². The summed E-state index contributed by atoms with van der Waals surface area (Å²) in [7, 11) is -5.48. The maximum absolute atomic E-state index is 12.6. The summed E-state index contributed by atoms with van der Waals surface area (Å²) in [6.07, 6.45) is 0. The number of benzene rings is 1. The fourth-order valence-electron chi connectivity index (χ4n) is 1.79. The molecule has 0 spiro atoms. The lowest BCUT2D eigenvalue weighted by molar-refractivity contribution is -0.114. The Kier molecular flexibility index (Phi) is 5.27. The second-order valence-electron chi connectivity index (χ2n) is 4.67. The minimum absolute atomic E-state index is 0.0661. The minimum Gasteiger partial charge on any atom is -0.326 e. The van der Waals surface area contributed by atoms with Crippen LogP contribution in [-0.2, 0) is 25.6 Å². The number of hydrogen-bond donors (Lipinski definition) is 2. The molecule has 0 saturated heterocycles. The van der Waals surface area contributed by atoms with Gasteiger partial charge in [-0.15, -0.1) is 11.3 Å². The SMILES string of the molecule is CC(=O)Nc1cc(Cl)c(S(=O)c2ccc(S(N)(=O)=O)s2)cc1C. The van der Waals surface area contributed by atoms with E-state index in [0.717, 1.165) is 11.3 Å². The average Bonchev–Trinajstić information content (AvgIpc) is 2.91. The van der Waals surface area contributed by atoms with E-state index in [0.29, 0.717) is 20.4 Å². The fraction of sp³-hybridized carbons (Fsp3) is 0.154. The van der Waals surface area contributed by atoms with Crippen LogP contribution in [0.15, 0.2) is 37.6 Å². The van der Waals surface area contributed by atoms with Gasteiger partial charge in [0.2, 0.25) is 15.9 Å². The number of carbonyl (C=O) groups excluding carboxylic acids is 1. The Morgan fingerprint density at radius 1 is 1.35 bits per heavy atom. The van der Waals surface area contributed by atoms with Crippen LogP contribution < -0.4 is 10.5 Å². The zero-order valence-electron chi connectivity index (χ0n) is 12.1. The Bertz CT molecular complexity index is 906. The number of carbonyl (C=O) groups is 1. The summed E-state index contributed by atoms with van der Waals surface area (Å²) in [5.74, 6) is -0.242. The number of nitrogens with two attached hydrogens (primary N) is 1. The van der Waals surface area contributed by atoms with Crippen molar-refractivity contribution in [3.8, 4) is 0 Å². The van der Waals surface area contributed by atoms with Crippen molar-refractivity contribution in [1.82, 2.24) is 0 Å². The Hall–Kier alpha value is -1.26. The number of primary sulfonamides is 1. The molecule has 0 aliphatic carbocycles. The van der Waals surface area contributed by atoms with Gasteiger partial charge in [-0.05, 0) is 36.8 Å². The zero-order chi connectivity index (χ0) is 17.4. The van der Waals surface area contributed by atoms with Gasteiger partial charge in [0.25, 0.3) is 0 Å². The van der Waals surface area contributed by atoms with Gasteiger partial charge in [-0.1, -0.05) is 11.6 Å². The molecule has 0 fully saturated rings. The number of amides is 1. The van der Waals surface area contributed by atoms with Crippen LogP contribution in [0.2, 0.25) is 5.02 Å². The summed E-state index contributed by atoms with van der Waals surface area (Å²) in [5.41, 5.74) is 1.22. The number of hydrogen-bond acceptors (Lipinski definition) is 5. The standard InChI is InChI=1S/C13H13ClN2O4S3/c1-7-5-11(9(14)6-10(7)16-8(2)17)22(18)12-3-4-13(21-12)23(15,19)20/h3-6H,1-2H3,(H,16,17)(H2,15,19,20). The third-order valence-electron chi connectivity index (χ3n) is 2.81. The normalized spacial score (nSPS) is 12.9. The number of halogens is 1. The highest BCUT2D eigenvalue weighted by Gasteiger charge is 2.19. The highest BCUT2D eigenvalue weighted by atomic mass is 35.5. The summed E-state index contributed by atoms with van der Waals surface area (Å²) in [5, 5.41) is 7.89. The van der Waals surface area contributed by atoms with Gasteiger partial charge in [0.05, 0.1) is 24.9 Å². The summed E-state index contributed by atoms with van der Waals surface area (Å²) >= 11 is 6.97. The van der Waals surface area contributed by atoms with E-state index in [9.17, 15) is 17.4 Å². The largest absolute Gasteiger partial charge is 0.326 e. The molecule has 124 valence electrons. The zero-order valence-corrected chi connectivity index (χ0v) is 15.3. The van der Waals surface area contributed by atoms with Crippen molar-refractivity contribution in [3.63, 3.8) is 0 Å². The van der Waals surface area contributed by atoms with Crippen molar-refractivity contribution in [1.29, 1.82) is 0 Å². The van der Waals surface area contributed by atoms with Crippen LogP contribution in [0.25, 0.3) is 0 Å². The number of anilines is 1. The highest BCUT2D eigenvalue weighted by molar-refractivity contribution is 7.92. The molecule has 10 heteroatoms. The van der Waals surface area contributed by atoms with Gasteiger partial charge >= 0.3 is 0 Å². The van der Waals surface area contributed by atoms with Crippen LogP contribution in [0.4, 0.5) is 5.69 Å². The third-order valence-corrected chi connectivity index (χ3v) is 7.50. The first-order valence-electron chi connectivity index (χ1n) is 6.21. The van der Waals surface area contributed by atoms with Crippen LogP contribution in [0.1, 0.15) is 12.5 Å². The quantitative estimate of drug-likeness (QED) is 0.833. The van der Waals surface area contributed by atoms with Crippen molar-refractivity contribution in [2.45, 2.75) is 27.2 Å². The van der Waals surface area contributed by atoms with E-state index in [1.165, 1.54) is 25.1 Å². The van der Waals surface area contributed by atoms with Gasteiger partial charge in [-0.2, -0.15) is 0 Å². The molecule has 1 amide bonds. The predicted molar refractivity (Wildman–Crippen MR) is 90.9 cm³/mol. The van der Waals surface area contributed by atoms with E-state index in [1.807, 2.05) is 0 Å². The smallest absolute Gasteiger partial charge is 0.247 e. The molecule has 1 heterocycles. The number of nitrogens with one attached hydrogen (secondary N) is 1. The van der Waals surface area contributed by atoms with Crippen LogP contribution in [0, 0.1) is 6.92 Å². The average molecular weight is 393 g/mol. The van der Waals surface area contributed by atoms with E-state index in [4.69, 9.17) is 16.7 Å². The molecular formula is C13H13ClN2O4S3. The van der Waals surface area contributed by atoms with Crippen molar-refractivity contribution in [3.05, 3.63) is 34.9 Å². The molecule has 0 radical (unpaired) electrons. The fourth-order valence-corrected chi connectivity index (χ4v) is 5.55. The molecule has 6 nitrogen and oxygen atoms in total. The lowest BCUT2D eigenvalue weighted by atomic mass is 10.2. The van der Waals surface area contributed by atoms with Gasteiger partial charge in [-0.3, -0.25) is 4.79 Å². The monoisotopic (exact) mass is 392 g/mol. The van der Waals surface area contributed by atoms with E-state index in [-0.39, 0.29) is 15.1 Å². The predicted octanol–water partition coefficient (Wildman–Crippen LogP) is 2.48. The maximum Gasteiger partial charge on any atom is 0.247 e. The number of aryl methyl sites for hydroxylation is 1. The number of rotatable bonds is 4. The lowest BCUT2D eigenvalue weighted by Crippen LogP contribution is -2.09.